The number of aryl methyl sites for hydroxylation is 1. The van der Waals surface area contributed by atoms with Crippen molar-refractivity contribution in [1.82, 2.24) is 15.2 Å². The van der Waals surface area contributed by atoms with Crippen LogP contribution < -0.4 is 10.1 Å². The van der Waals surface area contributed by atoms with Gasteiger partial charge in [-0.2, -0.15) is 0 Å². The molecule has 2 aromatic carbocycles. The first-order valence-electron chi connectivity index (χ1n) is 11.4. The summed E-state index contributed by atoms with van der Waals surface area (Å²) < 4.78 is 19.3. The molecule has 172 valence electrons. The Morgan fingerprint density at radius 3 is 2.64 bits per heavy atom. The lowest BCUT2D eigenvalue weighted by molar-refractivity contribution is 0.0887. The van der Waals surface area contributed by atoms with Gasteiger partial charge in [-0.25, -0.2) is 4.39 Å². The molecule has 1 aliphatic heterocycles. The highest BCUT2D eigenvalue weighted by Crippen LogP contribution is 2.32. The predicted molar refractivity (Wildman–Crippen MR) is 127 cm³/mol. The van der Waals surface area contributed by atoms with Crippen LogP contribution in [0.3, 0.4) is 0 Å². The Hall–Kier alpha value is -3.25. The van der Waals surface area contributed by atoms with Crippen molar-refractivity contribution in [2.24, 2.45) is 5.92 Å². The fourth-order valence-electron chi connectivity index (χ4n) is 4.66. The van der Waals surface area contributed by atoms with Gasteiger partial charge in [-0.3, -0.25) is 14.7 Å². The highest BCUT2D eigenvalue weighted by atomic mass is 19.1. The Morgan fingerprint density at radius 2 is 1.94 bits per heavy atom. The number of rotatable bonds is 7. The van der Waals surface area contributed by atoms with Crippen molar-refractivity contribution in [3.63, 3.8) is 0 Å². The number of aromatic nitrogens is 1. The van der Waals surface area contributed by atoms with Crippen molar-refractivity contribution in [3.05, 3.63) is 95.1 Å². The summed E-state index contributed by atoms with van der Waals surface area (Å²) in [5.74, 6) is 0.496. The second-order valence-electron chi connectivity index (χ2n) is 8.60. The van der Waals surface area contributed by atoms with Crippen molar-refractivity contribution in [2.75, 3.05) is 20.2 Å². The molecule has 1 saturated heterocycles. The van der Waals surface area contributed by atoms with E-state index in [0.717, 1.165) is 49.5 Å². The summed E-state index contributed by atoms with van der Waals surface area (Å²) in [5.41, 5.74) is 3.48. The van der Waals surface area contributed by atoms with Crippen LogP contribution >= 0.6 is 0 Å². The topological polar surface area (TPSA) is 54.5 Å². The third kappa shape index (κ3) is 5.57. The number of likely N-dealkylation sites (tertiary alicyclic amines) is 1. The fourth-order valence-corrected chi connectivity index (χ4v) is 4.66. The number of halogens is 1. The van der Waals surface area contributed by atoms with E-state index in [9.17, 15) is 9.18 Å². The van der Waals surface area contributed by atoms with Gasteiger partial charge in [0.1, 0.15) is 11.6 Å². The Kier molecular flexibility index (Phi) is 7.35. The minimum absolute atomic E-state index is 0.224. The number of carbonyl (C=O) groups excluding carboxylic acids is 1. The zero-order valence-electron chi connectivity index (χ0n) is 19.1. The molecule has 0 radical (unpaired) electrons. The highest BCUT2D eigenvalue weighted by molar-refractivity contribution is 5.94. The third-order valence-corrected chi connectivity index (χ3v) is 6.37. The predicted octanol–water partition coefficient (Wildman–Crippen LogP) is 4.92. The average Bonchev–Trinajstić information content (AvgIpc) is 2.84. The maximum Gasteiger partial charge on any atom is 0.251 e. The molecule has 4 rings (SSSR count). The van der Waals surface area contributed by atoms with Gasteiger partial charge in [0.2, 0.25) is 0 Å². The van der Waals surface area contributed by atoms with E-state index in [1.54, 1.807) is 25.4 Å². The van der Waals surface area contributed by atoms with Crippen LogP contribution in [-0.2, 0) is 6.54 Å². The minimum Gasteiger partial charge on any atom is -0.496 e. The van der Waals surface area contributed by atoms with Crippen LogP contribution in [0.5, 0.6) is 5.75 Å². The van der Waals surface area contributed by atoms with Crippen molar-refractivity contribution in [3.8, 4) is 5.75 Å². The standard InChI is InChI=1S/C27H30FN3O2/c1-19-7-5-9-22(26(19)33-2)18-31-15-12-20(13-16-31)25(24-11-3-4-14-29-24)30-27(32)21-8-6-10-23(28)17-21/h3-11,14,17,20,25H,12-13,15-16,18H2,1-2H3,(H,30,32)/t25-/m1/s1. The molecule has 33 heavy (non-hydrogen) atoms. The summed E-state index contributed by atoms with van der Waals surface area (Å²) >= 11 is 0. The zero-order valence-corrected chi connectivity index (χ0v) is 19.1. The minimum atomic E-state index is -0.420. The van der Waals surface area contributed by atoms with Crippen LogP contribution in [0.25, 0.3) is 0 Å². The lowest BCUT2D eigenvalue weighted by atomic mass is 9.86. The molecule has 0 saturated carbocycles. The van der Waals surface area contributed by atoms with E-state index in [2.05, 4.69) is 40.3 Å². The van der Waals surface area contributed by atoms with Gasteiger partial charge in [-0.1, -0.05) is 30.3 Å². The second-order valence-corrected chi connectivity index (χ2v) is 8.60. The molecule has 1 atom stereocenters. The summed E-state index contributed by atoms with van der Waals surface area (Å²) in [6.07, 6.45) is 3.60. The normalized spacial score (nSPS) is 15.7. The molecule has 0 bridgehead atoms. The van der Waals surface area contributed by atoms with Crippen molar-refractivity contribution in [1.29, 1.82) is 0 Å². The van der Waals surface area contributed by atoms with Crippen molar-refractivity contribution >= 4 is 5.91 Å². The van der Waals surface area contributed by atoms with E-state index in [0.29, 0.717) is 5.56 Å². The lowest BCUT2D eigenvalue weighted by Crippen LogP contribution is -2.41. The van der Waals surface area contributed by atoms with Crippen LogP contribution in [-0.4, -0.2) is 36.0 Å². The molecule has 0 spiro atoms. The molecule has 1 fully saturated rings. The zero-order chi connectivity index (χ0) is 23.2. The first-order valence-corrected chi connectivity index (χ1v) is 11.4. The summed E-state index contributed by atoms with van der Waals surface area (Å²) in [6, 6.07) is 17.6. The summed E-state index contributed by atoms with van der Waals surface area (Å²) in [5, 5.41) is 3.13. The number of benzene rings is 2. The van der Waals surface area contributed by atoms with Gasteiger partial charge in [-0.15, -0.1) is 0 Å². The van der Waals surface area contributed by atoms with E-state index in [1.165, 1.54) is 17.7 Å². The van der Waals surface area contributed by atoms with Crippen LogP contribution in [0.1, 0.15) is 46.1 Å². The number of nitrogens with zero attached hydrogens (tertiary/aromatic N) is 2. The first-order chi connectivity index (χ1) is 16.0. The van der Waals surface area contributed by atoms with Crippen LogP contribution in [0.2, 0.25) is 0 Å². The molecule has 6 heteroatoms. The second kappa shape index (κ2) is 10.6. The molecule has 1 N–H and O–H groups in total. The fraction of sp³-hybridized carbons (Fsp3) is 0.333. The number of hydrogen-bond donors (Lipinski definition) is 1. The Labute approximate surface area is 194 Å². The SMILES string of the molecule is COc1c(C)cccc1CN1CCC([C@@H](NC(=O)c2cccc(F)c2)c2ccccn2)CC1. The molecule has 5 nitrogen and oxygen atoms in total. The quantitative estimate of drug-likeness (QED) is 0.559. The average molecular weight is 448 g/mol. The van der Waals surface area contributed by atoms with Gasteiger partial charge < -0.3 is 10.1 Å². The van der Waals surface area contributed by atoms with Gasteiger partial charge in [-0.05, 0) is 74.7 Å². The molecular formula is C27H30FN3O2. The summed E-state index contributed by atoms with van der Waals surface area (Å²) in [6.45, 7) is 4.73. The van der Waals surface area contributed by atoms with Crippen LogP contribution in [0.4, 0.5) is 4.39 Å². The molecule has 1 aliphatic rings. The van der Waals surface area contributed by atoms with Crippen molar-refractivity contribution < 1.29 is 13.9 Å². The van der Waals surface area contributed by atoms with E-state index < -0.39 is 5.82 Å². The van der Waals surface area contributed by atoms with E-state index in [4.69, 9.17) is 4.74 Å². The highest BCUT2D eigenvalue weighted by Gasteiger charge is 2.30. The summed E-state index contributed by atoms with van der Waals surface area (Å²) in [7, 11) is 1.72. The lowest BCUT2D eigenvalue weighted by Gasteiger charge is -2.36. The van der Waals surface area contributed by atoms with Crippen LogP contribution in [0, 0.1) is 18.7 Å². The molecule has 3 aromatic rings. The summed E-state index contributed by atoms with van der Waals surface area (Å²) in [4.78, 5) is 19.8. The smallest absolute Gasteiger partial charge is 0.251 e. The Morgan fingerprint density at radius 1 is 1.15 bits per heavy atom. The van der Waals surface area contributed by atoms with E-state index in [-0.39, 0.29) is 17.9 Å². The number of ether oxygens (including phenoxy) is 1. The van der Waals surface area contributed by atoms with Gasteiger partial charge in [0, 0.05) is 23.9 Å². The molecule has 2 heterocycles. The molecule has 0 aliphatic carbocycles. The largest absolute Gasteiger partial charge is 0.496 e. The maximum absolute atomic E-state index is 13.6. The van der Waals surface area contributed by atoms with Crippen LogP contribution in [0.15, 0.2) is 66.9 Å². The number of piperidine rings is 1. The Bertz CT molecular complexity index is 1080. The maximum atomic E-state index is 13.6. The first kappa shape index (κ1) is 22.9. The molecular weight excluding hydrogens is 417 g/mol. The number of hydrogen-bond acceptors (Lipinski definition) is 4. The van der Waals surface area contributed by atoms with Gasteiger partial charge in [0.05, 0.1) is 18.8 Å². The monoisotopic (exact) mass is 447 g/mol. The third-order valence-electron chi connectivity index (χ3n) is 6.37. The molecule has 1 amide bonds. The number of nitrogens with one attached hydrogen (secondary N) is 1. The number of methoxy groups -OCH3 is 1. The van der Waals surface area contributed by atoms with E-state index in [1.807, 2.05) is 18.2 Å². The van der Waals surface area contributed by atoms with Crippen molar-refractivity contribution in [2.45, 2.75) is 32.4 Å². The number of pyridine rings is 1. The van der Waals surface area contributed by atoms with Gasteiger partial charge in [0.25, 0.3) is 5.91 Å². The van der Waals surface area contributed by atoms with Gasteiger partial charge >= 0.3 is 0 Å². The number of para-hydroxylation sites is 1. The Balaban J connectivity index is 1.46. The molecule has 1 aromatic heterocycles. The number of carbonyl (C=O) groups is 1. The van der Waals surface area contributed by atoms with E-state index >= 15 is 0 Å². The number of amides is 1. The van der Waals surface area contributed by atoms with Gasteiger partial charge in [0.15, 0.2) is 0 Å². The molecule has 0 unspecified atom stereocenters.